The van der Waals surface area contributed by atoms with Crippen molar-refractivity contribution in [3.05, 3.63) is 80.8 Å². The number of halogens is 2. The lowest BCUT2D eigenvalue weighted by Crippen LogP contribution is -1.93. The molecule has 3 rings (SSSR count). The normalized spacial score (nSPS) is 10.4. The fraction of sp³-hybridized carbons (Fsp3) is 0.0526. The van der Waals surface area contributed by atoms with Crippen LogP contribution in [0.15, 0.2) is 60.7 Å². The second-order valence-corrected chi connectivity index (χ2v) is 6.14. The number of nitro groups is 1. The highest BCUT2D eigenvalue weighted by Crippen LogP contribution is 2.41. The van der Waals surface area contributed by atoms with Gasteiger partial charge in [0.1, 0.15) is 11.5 Å². The topological polar surface area (TPSA) is 61.6 Å². The van der Waals surface area contributed by atoms with E-state index in [4.69, 9.17) is 32.7 Å². The molecule has 0 fully saturated rings. The van der Waals surface area contributed by atoms with E-state index in [0.29, 0.717) is 11.5 Å². The highest BCUT2D eigenvalue weighted by atomic mass is 35.5. The largest absolute Gasteiger partial charge is 0.496 e. The Morgan fingerprint density at radius 3 is 2.19 bits per heavy atom. The molecular formula is C19H13Cl2NO4. The molecule has 132 valence electrons. The predicted molar refractivity (Wildman–Crippen MR) is 102 cm³/mol. The Morgan fingerprint density at radius 1 is 0.962 bits per heavy atom. The molecule has 0 atom stereocenters. The van der Waals surface area contributed by atoms with E-state index in [1.54, 1.807) is 25.3 Å². The Kier molecular flexibility index (Phi) is 5.30. The average Bonchev–Trinajstić information content (AvgIpc) is 2.65. The van der Waals surface area contributed by atoms with Gasteiger partial charge in [-0.15, -0.1) is 0 Å². The van der Waals surface area contributed by atoms with Gasteiger partial charge in [0.15, 0.2) is 5.75 Å². The number of hydrogen-bond acceptors (Lipinski definition) is 4. The van der Waals surface area contributed by atoms with Crippen LogP contribution in [0.3, 0.4) is 0 Å². The maximum atomic E-state index is 10.9. The van der Waals surface area contributed by atoms with Gasteiger partial charge >= 0.3 is 0 Å². The Hall–Kier alpha value is -2.76. The smallest absolute Gasteiger partial charge is 0.272 e. The summed E-state index contributed by atoms with van der Waals surface area (Å²) in [5.41, 5.74) is 1.59. The number of methoxy groups -OCH3 is 1. The third-order valence-electron chi connectivity index (χ3n) is 3.67. The molecule has 5 nitrogen and oxygen atoms in total. The number of nitro benzene ring substituents is 1. The molecule has 0 unspecified atom stereocenters. The van der Waals surface area contributed by atoms with E-state index in [1.165, 1.54) is 12.1 Å². The van der Waals surface area contributed by atoms with E-state index in [1.807, 2.05) is 30.3 Å². The van der Waals surface area contributed by atoms with Gasteiger partial charge < -0.3 is 9.47 Å². The predicted octanol–water partition coefficient (Wildman–Crippen LogP) is 6.37. The van der Waals surface area contributed by atoms with Gasteiger partial charge in [0.05, 0.1) is 22.1 Å². The van der Waals surface area contributed by atoms with Crippen molar-refractivity contribution in [3.8, 4) is 28.4 Å². The van der Waals surface area contributed by atoms with Crippen molar-refractivity contribution < 1.29 is 14.4 Å². The summed E-state index contributed by atoms with van der Waals surface area (Å²) in [7, 11) is 1.59. The second kappa shape index (κ2) is 7.64. The van der Waals surface area contributed by atoms with Crippen LogP contribution in [0.4, 0.5) is 5.69 Å². The number of nitrogens with zero attached hydrogens (tertiary/aromatic N) is 1. The summed E-state index contributed by atoms with van der Waals surface area (Å²) in [6.45, 7) is 0. The van der Waals surface area contributed by atoms with Crippen molar-refractivity contribution >= 4 is 28.9 Å². The van der Waals surface area contributed by atoms with Crippen molar-refractivity contribution in [2.45, 2.75) is 0 Å². The molecule has 0 saturated heterocycles. The van der Waals surface area contributed by atoms with Gasteiger partial charge in [0.2, 0.25) is 0 Å². The first-order chi connectivity index (χ1) is 12.5. The van der Waals surface area contributed by atoms with Crippen LogP contribution < -0.4 is 9.47 Å². The molecular weight excluding hydrogens is 377 g/mol. The van der Waals surface area contributed by atoms with Gasteiger partial charge in [-0.05, 0) is 23.8 Å². The molecule has 0 N–H and O–H groups in total. The molecule has 0 aliphatic heterocycles. The first-order valence-corrected chi connectivity index (χ1v) is 8.30. The van der Waals surface area contributed by atoms with Gasteiger partial charge in [-0.3, -0.25) is 10.1 Å². The number of ether oxygens (including phenoxy) is 2. The van der Waals surface area contributed by atoms with Gasteiger partial charge in [0.25, 0.3) is 5.69 Å². The van der Waals surface area contributed by atoms with Gasteiger partial charge in [-0.25, -0.2) is 0 Å². The summed E-state index contributed by atoms with van der Waals surface area (Å²) < 4.78 is 11.2. The third kappa shape index (κ3) is 3.74. The van der Waals surface area contributed by atoms with Crippen molar-refractivity contribution in [1.29, 1.82) is 0 Å². The van der Waals surface area contributed by atoms with Crippen molar-refractivity contribution in [3.63, 3.8) is 0 Å². The van der Waals surface area contributed by atoms with Crippen LogP contribution >= 0.6 is 23.2 Å². The van der Waals surface area contributed by atoms with Crippen LogP contribution in [-0.4, -0.2) is 12.0 Å². The Morgan fingerprint density at radius 2 is 1.62 bits per heavy atom. The molecule has 26 heavy (non-hydrogen) atoms. The molecule has 0 heterocycles. The Labute approximate surface area is 159 Å². The zero-order valence-corrected chi connectivity index (χ0v) is 15.1. The van der Waals surface area contributed by atoms with Crippen molar-refractivity contribution in [2.24, 2.45) is 0 Å². The van der Waals surface area contributed by atoms with E-state index in [-0.39, 0.29) is 21.5 Å². The summed E-state index contributed by atoms with van der Waals surface area (Å²) in [6, 6.07) is 17.3. The minimum absolute atomic E-state index is 0.0567. The fourth-order valence-corrected chi connectivity index (χ4v) is 3.01. The van der Waals surface area contributed by atoms with Crippen LogP contribution in [-0.2, 0) is 0 Å². The van der Waals surface area contributed by atoms with E-state index < -0.39 is 4.92 Å². The van der Waals surface area contributed by atoms with Gasteiger partial charge in [0, 0.05) is 17.7 Å². The number of non-ortho nitro benzene ring substituents is 1. The number of hydrogen-bond donors (Lipinski definition) is 0. The molecule has 0 amide bonds. The molecule has 0 aromatic heterocycles. The zero-order chi connectivity index (χ0) is 18.7. The summed E-state index contributed by atoms with van der Waals surface area (Å²) in [5.74, 6) is 1.31. The molecule has 0 aliphatic carbocycles. The first-order valence-electron chi connectivity index (χ1n) is 7.54. The average molecular weight is 390 g/mol. The molecule has 0 saturated carbocycles. The quantitative estimate of drug-likeness (QED) is 0.375. The summed E-state index contributed by atoms with van der Waals surface area (Å²) in [5, 5.41) is 11.0. The van der Waals surface area contributed by atoms with Gasteiger partial charge in [-0.1, -0.05) is 53.5 Å². The SMILES string of the molecule is COc1ccc(Oc2c(Cl)cc([N+](=O)[O-])cc2Cl)cc1-c1ccccc1. The van der Waals surface area contributed by atoms with Crippen molar-refractivity contribution in [2.75, 3.05) is 7.11 Å². The van der Waals surface area contributed by atoms with E-state index in [2.05, 4.69) is 0 Å². The lowest BCUT2D eigenvalue weighted by atomic mass is 10.0. The molecule has 3 aromatic carbocycles. The fourth-order valence-electron chi connectivity index (χ4n) is 2.46. The summed E-state index contributed by atoms with van der Waals surface area (Å²) in [4.78, 5) is 10.3. The standard InChI is InChI=1S/C19H13Cl2NO4/c1-25-18-8-7-14(11-15(18)12-5-3-2-4-6-12)26-19-16(20)9-13(22(23)24)10-17(19)21/h2-11H,1H3. The highest BCUT2D eigenvalue weighted by molar-refractivity contribution is 6.37. The molecule has 0 spiro atoms. The lowest BCUT2D eigenvalue weighted by Gasteiger charge is -2.13. The monoisotopic (exact) mass is 389 g/mol. The number of benzene rings is 3. The maximum absolute atomic E-state index is 10.9. The summed E-state index contributed by atoms with van der Waals surface area (Å²) in [6.07, 6.45) is 0. The van der Waals surface area contributed by atoms with Crippen LogP contribution in [0, 0.1) is 10.1 Å². The second-order valence-electron chi connectivity index (χ2n) is 5.33. The Balaban J connectivity index is 2.00. The number of rotatable bonds is 5. The van der Waals surface area contributed by atoms with Crippen LogP contribution in [0.1, 0.15) is 0 Å². The van der Waals surface area contributed by atoms with Crippen LogP contribution in [0.25, 0.3) is 11.1 Å². The molecule has 0 radical (unpaired) electrons. The maximum Gasteiger partial charge on any atom is 0.272 e. The van der Waals surface area contributed by atoms with E-state index >= 15 is 0 Å². The lowest BCUT2D eigenvalue weighted by molar-refractivity contribution is -0.384. The van der Waals surface area contributed by atoms with E-state index in [0.717, 1.165) is 11.1 Å². The molecule has 3 aromatic rings. The summed E-state index contributed by atoms with van der Waals surface area (Å²) >= 11 is 12.2. The first kappa shape index (κ1) is 18.0. The van der Waals surface area contributed by atoms with Crippen LogP contribution in [0.5, 0.6) is 17.2 Å². The molecule has 7 heteroatoms. The zero-order valence-electron chi connectivity index (χ0n) is 13.6. The van der Waals surface area contributed by atoms with Crippen molar-refractivity contribution in [1.82, 2.24) is 0 Å². The third-order valence-corrected chi connectivity index (χ3v) is 4.23. The van der Waals surface area contributed by atoms with Gasteiger partial charge in [-0.2, -0.15) is 0 Å². The van der Waals surface area contributed by atoms with Crippen LogP contribution in [0.2, 0.25) is 10.0 Å². The minimum atomic E-state index is -0.567. The highest BCUT2D eigenvalue weighted by Gasteiger charge is 2.17. The van der Waals surface area contributed by atoms with E-state index in [9.17, 15) is 10.1 Å². The Bertz CT molecular complexity index is 938. The minimum Gasteiger partial charge on any atom is -0.496 e. The molecule has 0 bridgehead atoms. The molecule has 0 aliphatic rings.